The lowest BCUT2D eigenvalue weighted by Gasteiger charge is -2.37. The number of amides is 1. The quantitative estimate of drug-likeness (QED) is 0.759. The Morgan fingerprint density at radius 1 is 1.12 bits per heavy atom. The molecule has 144 valence electrons. The third kappa shape index (κ3) is 5.19. The minimum Gasteiger partial charge on any atom is -0.497 e. The summed E-state index contributed by atoms with van der Waals surface area (Å²) >= 11 is 0. The normalized spacial score (nSPS) is 22.4. The van der Waals surface area contributed by atoms with Gasteiger partial charge >= 0.3 is 0 Å². The number of morpholine rings is 1. The lowest BCUT2D eigenvalue weighted by molar-refractivity contribution is -0.140. The van der Waals surface area contributed by atoms with E-state index in [1.54, 1.807) is 7.11 Å². The molecule has 1 amide bonds. The van der Waals surface area contributed by atoms with E-state index in [2.05, 4.69) is 28.9 Å². The SMILES string of the molecule is CCN1CCN(CC(=O)N2CCO[C@H](Cc3ccc(OC)cc3)C2)CC1. The average molecular weight is 361 g/mol. The molecule has 1 aromatic carbocycles. The van der Waals surface area contributed by atoms with Crippen LogP contribution in [0.2, 0.25) is 0 Å². The monoisotopic (exact) mass is 361 g/mol. The Balaban J connectivity index is 1.47. The van der Waals surface area contributed by atoms with Gasteiger partial charge in [0.2, 0.25) is 5.91 Å². The Morgan fingerprint density at radius 2 is 1.81 bits per heavy atom. The third-order valence-corrected chi connectivity index (χ3v) is 5.38. The minimum atomic E-state index is 0.0676. The largest absolute Gasteiger partial charge is 0.497 e. The van der Waals surface area contributed by atoms with Crippen molar-refractivity contribution in [1.29, 1.82) is 0 Å². The maximum atomic E-state index is 12.7. The predicted molar refractivity (Wildman–Crippen MR) is 102 cm³/mol. The molecule has 0 radical (unpaired) electrons. The molecule has 0 aliphatic carbocycles. The molecule has 2 aliphatic heterocycles. The van der Waals surface area contributed by atoms with Gasteiger partial charge < -0.3 is 19.3 Å². The Bertz CT molecular complexity index is 570. The van der Waals surface area contributed by atoms with Gasteiger partial charge in [0.15, 0.2) is 0 Å². The van der Waals surface area contributed by atoms with Crippen LogP contribution in [0.5, 0.6) is 5.75 Å². The van der Waals surface area contributed by atoms with E-state index in [1.165, 1.54) is 5.56 Å². The zero-order valence-electron chi connectivity index (χ0n) is 16.0. The number of carbonyl (C=O) groups excluding carboxylic acids is 1. The van der Waals surface area contributed by atoms with Gasteiger partial charge in [-0.25, -0.2) is 0 Å². The Kier molecular flexibility index (Phi) is 6.88. The van der Waals surface area contributed by atoms with Gasteiger partial charge in [-0.15, -0.1) is 0 Å². The zero-order chi connectivity index (χ0) is 18.4. The van der Waals surface area contributed by atoms with Gasteiger partial charge in [0.25, 0.3) is 0 Å². The Hall–Kier alpha value is -1.63. The standard InChI is InChI=1S/C20H31N3O3/c1-3-21-8-10-22(11-9-21)16-20(24)23-12-13-26-19(15-23)14-17-4-6-18(25-2)7-5-17/h4-7,19H,3,8-16H2,1-2H3/t19-/m1/s1. The highest BCUT2D eigenvalue weighted by Gasteiger charge is 2.26. The Morgan fingerprint density at radius 3 is 2.46 bits per heavy atom. The maximum Gasteiger partial charge on any atom is 0.236 e. The maximum absolute atomic E-state index is 12.7. The molecule has 0 saturated carbocycles. The number of methoxy groups -OCH3 is 1. The lowest BCUT2D eigenvalue weighted by Crippen LogP contribution is -2.53. The van der Waals surface area contributed by atoms with Crippen LogP contribution in [0, 0.1) is 0 Å². The molecule has 6 heteroatoms. The van der Waals surface area contributed by atoms with Gasteiger partial charge in [0.1, 0.15) is 5.75 Å². The second-order valence-electron chi connectivity index (χ2n) is 7.10. The van der Waals surface area contributed by atoms with Crippen LogP contribution in [0.15, 0.2) is 24.3 Å². The first-order chi connectivity index (χ1) is 12.7. The number of carbonyl (C=O) groups is 1. The first-order valence-electron chi connectivity index (χ1n) is 9.65. The molecule has 6 nitrogen and oxygen atoms in total. The van der Waals surface area contributed by atoms with Crippen LogP contribution in [-0.4, -0.2) is 92.8 Å². The van der Waals surface area contributed by atoms with Gasteiger partial charge in [-0.05, 0) is 24.2 Å². The molecule has 0 unspecified atom stereocenters. The van der Waals surface area contributed by atoms with E-state index in [-0.39, 0.29) is 12.0 Å². The zero-order valence-corrected chi connectivity index (χ0v) is 16.0. The van der Waals surface area contributed by atoms with Crippen molar-refractivity contribution >= 4 is 5.91 Å². The Labute approximate surface area is 156 Å². The molecule has 26 heavy (non-hydrogen) atoms. The molecule has 3 rings (SSSR count). The summed E-state index contributed by atoms with van der Waals surface area (Å²) in [5.74, 6) is 1.09. The van der Waals surface area contributed by atoms with E-state index in [9.17, 15) is 4.79 Å². The van der Waals surface area contributed by atoms with E-state index < -0.39 is 0 Å². The van der Waals surface area contributed by atoms with Crippen molar-refractivity contribution in [2.45, 2.75) is 19.4 Å². The molecule has 0 N–H and O–H groups in total. The van der Waals surface area contributed by atoms with Crippen LogP contribution in [0.25, 0.3) is 0 Å². The van der Waals surface area contributed by atoms with Crippen LogP contribution in [0.1, 0.15) is 12.5 Å². The fraction of sp³-hybridized carbons (Fsp3) is 0.650. The molecule has 0 spiro atoms. The number of nitrogens with zero attached hydrogens (tertiary/aromatic N) is 3. The van der Waals surface area contributed by atoms with Crippen molar-refractivity contribution in [2.75, 3.05) is 66.1 Å². The number of likely N-dealkylation sites (N-methyl/N-ethyl adjacent to an activating group) is 1. The van der Waals surface area contributed by atoms with Crippen molar-refractivity contribution in [1.82, 2.24) is 14.7 Å². The summed E-state index contributed by atoms with van der Waals surface area (Å²) in [5.41, 5.74) is 1.21. The van der Waals surface area contributed by atoms with Gasteiger partial charge in [-0.1, -0.05) is 19.1 Å². The average Bonchev–Trinajstić information content (AvgIpc) is 2.69. The highest BCUT2D eigenvalue weighted by atomic mass is 16.5. The molecule has 2 saturated heterocycles. The second kappa shape index (κ2) is 9.35. The fourth-order valence-electron chi connectivity index (χ4n) is 3.65. The number of ether oxygens (including phenoxy) is 2. The number of benzene rings is 1. The van der Waals surface area contributed by atoms with E-state index in [0.29, 0.717) is 26.2 Å². The van der Waals surface area contributed by atoms with Gasteiger partial charge in [-0.3, -0.25) is 9.69 Å². The summed E-state index contributed by atoms with van der Waals surface area (Å²) < 4.78 is 11.1. The molecule has 0 bridgehead atoms. The van der Waals surface area contributed by atoms with E-state index >= 15 is 0 Å². The molecule has 2 heterocycles. The molecule has 1 aromatic rings. The summed E-state index contributed by atoms with van der Waals surface area (Å²) in [6, 6.07) is 8.07. The minimum absolute atomic E-state index is 0.0676. The van der Waals surface area contributed by atoms with Crippen molar-refractivity contribution in [3.63, 3.8) is 0 Å². The van der Waals surface area contributed by atoms with E-state index in [4.69, 9.17) is 9.47 Å². The summed E-state index contributed by atoms with van der Waals surface area (Å²) in [5, 5.41) is 0. The van der Waals surface area contributed by atoms with Crippen LogP contribution in [-0.2, 0) is 16.0 Å². The summed E-state index contributed by atoms with van der Waals surface area (Å²) in [7, 11) is 1.67. The number of piperazine rings is 1. The molecule has 2 aliphatic rings. The van der Waals surface area contributed by atoms with E-state index in [0.717, 1.165) is 44.9 Å². The first kappa shape index (κ1) is 19.1. The van der Waals surface area contributed by atoms with Crippen LogP contribution in [0.4, 0.5) is 0 Å². The van der Waals surface area contributed by atoms with Crippen molar-refractivity contribution < 1.29 is 14.3 Å². The van der Waals surface area contributed by atoms with Gasteiger partial charge in [0.05, 0.1) is 26.4 Å². The van der Waals surface area contributed by atoms with Gasteiger partial charge in [-0.2, -0.15) is 0 Å². The third-order valence-electron chi connectivity index (χ3n) is 5.38. The highest BCUT2D eigenvalue weighted by Crippen LogP contribution is 2.16. The molecular formula is C20H31N3O3. The van der Waals surface area contributed by atoms with Crippen molar-refractivity contribution in [2.24, 2.45) is 0 Å². The van der Waals surface area contributed by atoms with Gasteiger partial charge in [0, 0.05) is 45.7 Å². The fourth-order valence-corrected chi connectivity index (χ4v) is 3.65. The van der Waals surface area contributed by atoms with Crippen molar-refractivity contribution in [3.05, 3.63) is 29.8 Å². The molecule has 2 fully saturated rings. The number of hydrogen-bond donors (Lipinski definition) is 0. The summed E-state index contributed by atoms with van der Waals surface area (Å²) in [6.07, 6.45) is 0.890. The number of hydrogen-bond acceptors (Lipinski definition) is 5. The van der Waals surface area contributed by atoms with Crippen molar-refractivity contribution in [3.8, 4) is 5.75 Å². The topological polar surface area (TPSA) is 45.2 Å². The highest BCUT2D eigenvalue weighted by molar-refractivity contribution is 5.78. The van der Waals surface area contributed by atoms with E-state index in [1.807, 2.05) is 17.0 Å². The first-order valence-corrected chi connectivity index (χ1v) is 9.65. The summed E-state index contributed by atoms with van der Waals surface area (Å²) in [6.45, 7) is 9.92. The van der Waals surface area contributed by atoms with Crippen LogP contribution < -0.4 is 4.74 Å². The summed E-state index contributed by atoms with van der Waals surface area (Å²) in [4.78, 5) is 19.4. The predicted octanol–water partition coefficient (Wildman–Crippen LogP) is 1.10. The molecule has 1 atom stereocenters. The number of rotatable bonds is 6. The molecular weight excluding hydrogens is 330 g/mol. The van der Waals surface area contributed by atoms with Crippen LogP contribution in [0.3, 0.4) is 0 Å². The smallest absolute Gasteiger partial charge is 0.236 e. The van der Waals surface area contributed by atoms with Crippen LogP contribution >= 0.6 is 0 Å². The lowest BCUT2D eigenvalue weighted by atomic mass is 10.1. The second-order valence-corrected chi connectivity index (χ2v) is 7.10. The molecule has 0 aromatic heterocycles.